The summed E-state index contributed by atoms with van der Waals surface area (Å²) in [5.74, 6) is 3.29. The van der Waals surface area contributed by atoms with Crippen molar-refractivity contribution in [1.29, 1.82) is 0 Å². The van der Waals surface area contributed by atoms with E-state index in [9.17, 15) is 4.79 Å². The summed E-state index contributed by atoms with van der Waals surface area (Å²) in [7, 11) is 0. The number of nitrogens with one attached hydrogen (secondary N) is 2. The number of benzene rings is 1. The van der Waals surface area contributed by atoms with Gasteiger partial charge in [-0.1, -0.05) is 24.1 Å². The maximum Gasteiger partial charge on any atom is 0.221 e. The van der Waals surface area contributed by atoms with E-state index in [1.54, 1.807) is 0 Å². The highest BCUT2D eigenvalue weighted by atomic mass is 16.5. The first-order chi connectivity index (χ1) is 9.27. The fourth-order valence-corrected chi connectivity index (χ4v) is 1.62. The minimum absolute atomic E-state index is 0.0619. The molecule has 0 spiro atoms. The SMILES string of the molecule is C#CCOc1ccccc1CNCCC(=O)NCC. The van der Waals surface area contributed by atoms with Crippen LogP contribution in [0.1, 0.15) is 18.9 Å². The van der Waals surface area contributed by atoms with Crippen molar-refractivity contribution >= 4 is 5.91 Å². The Bertz CT molecular complexity index is 438. The Morgan fingerprint density at radius 1 is 1.42 bits per heavy atom. The Balaban J connectivity index is 2.36. The number of rotatable bonds is 8. The number of hydrogen-bond acceptors (Lipinski definition) is 3. The van der Waals surface area contributed by atoms with Crippen LogP contribution in [0.4, 0.5) is 0 Å². The monoisotopic (exact) mass is 260 g/mol. The molecule has 2 N–H and O–H groups in total. The first-order valence-corrected chi connectivity index (χ1v) is 6.39. The molecule has 0 saturated carbocycles. The first kappa shape index (κ1) is 15.1. The molecule has 1 aromatic rings. The number of amides is 1. The molecule has 0 saturated heterocycles. The number of terminal acetylenes is 1. The minimum atomic E-state index is 0.0619. The predicted molar refractivity (Wildman–Crippen MR) is 75.8 cm³/mol. The zero-order chi connectivity index (χ0) is 13.9. The van der Waals surface area contributed by atoms with Crippen molar-refractivity contribution in [2.24, 2.45) is 0 Å². The van der Waals surface area contributed by atoms with Gasteiger partial charge in [0.05, 0.1) is 0 Å². The maximum atomic E-state index is 11.3. The number of carbonyl (C=O) groups excluding carboxylic acids is 1. The van der Waals surface area contributed by atoms with Gasteiger partial charge in [0, 0.05) is 31.6 Å². The molecule has 1 aromatic carbocycles. The Kier molecular flexibility index (Phi) is 7.14. The van der Waals surface area contributed by atoms with E-state index < -0.39 is 0 Å². The lowest BCUT2D eigenvalue weighted by molar-refractivity contribution is -0.120. The number of carbonyl (C=O) groups is 1. The van der Waals surface area contributed by atoms with Crippen molar-refractivity contribution in [3.63, 3.8) is 0 Å². The van der Waals surface area contributed by atoms with Gasteiger partial charge in [0.15, 0.2) is 0 Å². The van der Waals surface area contributed by atoms with E-state index >= 15 is 0 Å². The molecule has 4 nitrogen and oxygen atoms in total. The van der Waals surface area contributed by atoms with E-state index in [2.05, 4.69) is 16.6 Å². The third-order valence-corrected chi connectivity index (χ3v) is 2.50. The van der Waals surface area contributed by atoms with Gasteiger partial charge >= 0.3 is 0 Å². The molecule has 102 valence electrons. The molecule has 0 fully saturated rings. The van der Waals surface area contributed by atoms with E-state index in [0.717, 1.165) is 11.3 Å². The lowest BCUT2D eigenvalue weighted by atomic mass is 10.2. The summed E-state index contributed by atoms with van der Waals surface area (Å²) in [4.78, 5) is 11.3. The second kappa shape index (κ2) is 9.01. The third kappa shape index (κ3) is 5.94. The van der Waals surface area contributed by atoms with Crippen LogP contribution in [0.15, 0.2) is 24.3 Å². The van der Waals surface area contributed by atoms with Crippen molar-refractivity contribution in [1.82, 2.24) is 10.6 Å². The van der Waals surface area contributed by atoms with Crippen molar-refractivity contribution in [3.05, 3.63) is 29.8 Å². The van der Waals surface area contributed by atoms with Crippen LogP contribution in [0.3, 0.4) is 0 Å². The summed E-state index contributed by atoms with van der Waals surface area (Å²) in [5, 5.41) is 5.97. The average molecular weight is 260 g/mol. The average Bonchev–Trinajstić information content (AvgIpc) is 2.42. The first-order valence-electron chi connectivity index (χ1n) is 6.39. The number of ether oxygens (including phenoxy) is 1. The topological polar surface area (TPSA) is 50.4 Å². The fraction of sp³-hybridized carbons (Fsp3) is 0.400. The van der Waals surface area contributed by atoms with Crippen LogP contribution in [0.2, 0.25) is 0 Å². The van der Waals surface area contributed by atoms with Crippen LogP contribution in [0, 0.1) is 12.3 Å². The van der Waals surface area contributed by atoms with Crippen molar-refractivity contribution in [3.8, 4) is 18.1 Å². The van der Waals surface area contributed by atoms with Crippen molar-refractivity contribution in [2.75, 3.05) is 19.7 Å². The highest BCUT2D eigenvalue weighted by Gasteiger charge is 2.03. The molecule has 1 rings (SSSR count). The quantitative estimate of drug-likeness (QED) is 0.547. The third-order valence-electron chi connectivity index (χ3n) is 2.50. The molecule has 0 aliphatic heterocycles. The van der Waals surface area contributed by atoms with E-state index in [1.165, 1.54) is 0 Å². The number of hydrogen-bond donors (Lipinski definition) is 2. The standard InChI is InChI=1S/C15H20N2O2/c1-3-11-19-14-8-6-5-7-13(14)12-16-10-9-15(18)17-4-2/h1,5-8,16H,4,9-12H2,2H3,(H,17,18). The molecule has 0 unspecified atom stereocenters. The zero-order valence-electron chi connectivity index (χ0n) is 11.2. The van der Waals surface area contributed by atoms with Crippen LogP contribution in [0.25, 0.3) is 0 Å². The molecule has 4 heteroatoms. The maximum absolute atomic E-state index is 11.3. The predicted octanol–water partition coefficient (Wildman–Crippen LogP) is 1.31. The smallest absolute Gasteiger partial charge is 0.221 e. The Morgan fingerprint density at radius 3 is 2.95 bits per heavy atom. The lowest BCUT2D eigenvalue weighted by Crippen LogP contribution is -2.27. The van der Waals surface area contributed by atoms with Crippen LogP contribution in [-0.2, 0) is 11.3 Å². The molecule has 1 amide bonds. The fourth-order valence-electron chi connectivity index (χ4n) is 1.62. The molecule has 0 aliphatic rings. The van der Waals surface area contributed by atoms with Gasteiger partial charge in [0.1, 0.15) is 12.4 Å². The Hall–Kier alpha value is -1.99. The highest BCUT2D eigenvalue weighted by molar-refractivity contribution is 5.75. The molecule has 0 heterocycles. The number of para-hydroxylation sites is 1. The van der Waals surface area contributed by atoms with E-state index in [0.29, 0.717) is 26.1 Å². The van der Waals surface area contributed by atoms with Gasteiger partial charge in [0.2, 0.25) is 5.91 Å². The van der Waals surface area contributed by atoms with E-state index in [4.69, 9.17) is 11.2 Å². The summed E-state index contributed by atoms with van der Waals surface area (Å²) in [5.41, 5.74) is 1.04. The van der Waals surface area contributed by atoms with Crippen molar-refractivity contribution < 1.29 is 9.53 Å². The largest absolute Gasteiger partial charge is 0.481 e. The van der Waals surface area contributed by atoms with Crippen LogP contribution in [-0.4, -0.2) is 25.6 Å². The highest BCUT2D eigenvalue weighted by Crippen LogP contribution is 2.17. The molecule has 0 bridgehead atoms. The lowest BCUT2D eigenvalue weighted by Gasteiger charge is -2.10. The van der Waals surface area contributed by atoms with E-state index in [-0.39, 0.29) is 12.5 Å². The summed E-state index contributed by atoms with van der Waals surface area (Å²) in [6, 6.07) is 7.72. The minimum Gasteiger partial charge on any atom is -0.481 e. The second-order valence-electron chi connectivity index (χ2n) is 3.98. The van der Waals surface area contributed by atoms with Crippen LogP contribution < -0.4 is 15.4 Å². The second-order valence-corrected chi connectivity index (χ2v) is 3.98. The van der Waals surface area contributed by atoms with Gasteiger partial charge in [-0.3, -0.25) is 4.79 Å². The van der Waals surface area contributed by atoms with E-state index in [1.807, 2.05) is 31.2 Å². The molecule has 0 aromatic heterocycles. The van der Waals surface area contributed by atoms with Gasteiger partial charge in [0.25, 0.3) is 0 Å². The normalized spacial score (nSPS) is 9.68. The summed E-state index contributed by atoms with van der Waals surface area (Å²) in [6.45, 7) is 4.12. The Morgan fingerprint density at radius 2 is 2.21 bits per heavy atom. The van der Waals surface area contributed by atoms with Crippen LogP contribution in [0.5, 0.6) is 5.75 Å². The van der Waals surface area contributed by atoms with Gasteiger partial charge < -0.3 is 15.4 Å². The van der Waals surface area contributed by atoms with Crippen LogP contribution >= 0.6 is 0 Å². The summed E-state index contributed by atoms with van der Waals surface area (Å²) in [6.07, 6.45) is 5.65. The molecule has 0 atom stereocenters. The molecular weight excluding hydrogens is 240 g/mol. The zero-order valence-corrected chi connectivity index (χ0v) is 11.2. The molecule has 19 heavy (non-hydrogen) atoms. The summed E-state index contributed by atoms with van der Waals surface area (Å²) >= 11 is 0. The summed E-state index contributed by atoms with van der Waals surface area (Å²) < 4.78 is 5.45. The van der Waals surface area contributed by atoms with Gasteiger partial charge in [-0.2, -0.15) is 0 Å². The van der Waals surface area contributed by atoms with Crippen molar-refractivity contribution in [2.45, 2.75) is 19.9 Å². The Labute approximate surface area is 114 Å². The van der Waals surface area contributed by atoms with Gasteiger partial charge in [-0.05, 0) is 13.0 Å². The molecular formula is C15H20N2O2. The van der Waals surface area contributed by atoms with Gasteiger partial charge in [-0.25, -0.2) is 0 Å². The molecule has 0 aliphatic carbocycles. The van der Waals surface area contributed by atoms with Gasteiger partial charge in [-0.15, -0.1) is 6.42 Å². The molecule has 0 radical (unpaired) electrons.